The second kappa shape index (κ2) is 9.08. The van der Waals surface area contributed by atoms with Crippen molar-refractivity contribution in [3.05, 3.63) is 42.2 Å². The SMILES string of the molecule is CC(C)Cn1cc(NC(=O)c2coc(-c3ccnc(NCC(F)(F)F)c3)n2)c(C(N)=O)n1. The van der Waals surface area contributed by atoms with Gasteiger partial charge in [-0.3, -0.25) is 14.3 Å². The van der Waals surface area contributed by atoms with Gasteiger partial charge in [0, 0.05) is 24.5 Å². The lowest BCUT2D eigenvalue weighted by molar-refractivity contribution is -0.115. The van der Waals surface area contributed by atoms with Crippen LogP contribution in [0, 0.1) is 5.92 Å². The number of aromatic nitrogens is 4. The van der Waals surface area contributed by atoms with Gasteiger partial charge in [0.2, 0.25) is 5.89 Å². The van der Waals surface area contributed by atoms with Crippen molar-refractivity contribution in [3.8, 4) is 11.5 Å². The Morgan fingerprint density at radius 2 is 2.06 bits per heavy atom. The van der Waals surface area contributed by atoms with E-state index in [9.17, 15) is 22.8 Å². The first kappa shape index (κ1) is 22.8. The van der Waals surface area contributed by atoms with Crippen molar-refractivity contribution < 1.29 is 27.2 Å². The van der Waals surface area contributed by atoms with E-state index < -0.39 is 24.5 Å². The van der Waals surface area contributed by atoms with Crippen LogP contribution in [-0.4, -0.2) is 44.3 Å². The molecule has 3 aromatic rings. The molecule has 170 valence electrons. The van der Waals surface area contributed by atoms with Gasteiger partial charge in [0.15, 0.2) is 11.4 Å². The zero-order chi connectivity index (χ0) is 23.5. The Labute approximate surface area is 180 Å². The third-order valence-corrected chi connectivity index (χ3v) is 4.01. The minimum atomic E-state index is -4.40. The van der Waals surface area contributed by atoms with Gasteiger partial charge in [-0.2, -0.15) is 18.3 Å². The highest BCUT2D eigenvalue weighted by Crippen LogP contribution is 2.23. The lowest BCUT2D eigenvalue weighted by Crippen LogP contribution is -2.21. The fraction of sp³-hybridized carbons (Fsp3) is 0.316. The molecule has 4 N–H and O–H groups in total. The molecule has 3 rings (SSSR count). The predicted octanol–water partition coefficient (Wildman–Crippen LogP) is 2.91. The van der Waals surface area contributed by atoms with E-state index in [0.29, 0.717) is 12.1 Å². The van der Waals surface area contributed by atoms with E-state index in [2.05, 4.69) is 25.7 Å². The zero-order valence-corrected chi connectivity index (χ0v) is 17.1. The number of halogens is 3. The van der Waals surface area contributed by atoms with E-state index in [1.165, 1.54) is 29.2 Å². The van der Waals surface area contributed by atoms with E-state index in [1.807, 2.05) is 13.8 Å². The van der Waals surface area contributed by atoms with Crippen molar-refractivity contribution in [3.63, 3.8) is 0 Å². The van der Waals surface area contributed by atoms with Gasteiger partial charge in [-0.25, -0.2) is 9.97 Å². The Morgan fingerprint density at radius 3 is 2.72 bits per heavy atom. The number of primary amides is 1. The number of oxazole rings is 1. The number of rotatable bonds is 8. The van der Waals surface area contributed by atoms with Crippen molar-refractivity contribution >= 4 is 23.3 Å². The smallest absolute Gasteiger partial charge is 0.405 e. The normalized spacial score (nSPS) is 11.6. The molecule has 0 fully saturated rings. The van der Waals surface area contributed by atoms with Crippen LogP contribution in [0.25, 0.3) is 11.5 Å². The fourth-order valence-corrected chi connectivity index (χ4v) is 2.71. The van der Waals surface area contributed by atoms with Crippen molar-refractivity contribution in [1.82, 2.24) is 19.7 Å². The molecule has 0 bridgehead atoms. The first-order valence-corrected chi connectivity index (χ1v) is 9.43. The average molecular weight is 451 g/mol. The molecule has 13 heteroatoms. The van der Waals surface area contributed by atoms with Crippen LogP contribution in [0.3, 0.4) is 0 Å². The first-order valence-electron chi connectivity index (χ1n) is 9.43. The number of hydrogen-bond donors (Lipinski definition) is 3. The van der Waals surface area contributed by atoms with Gasteiger partial charge in [0.25, 0.3) is 11.8 Å². The largest absolute Gasteiger partial charge is 0.444 e. The highest BCUT2D eigenvalue weighted by Gasteiger charge is 2.27. The minimum absolute atomic E-state index is 0.00163. The minimum Gasteiger partial charge on any atom is -0.444 e. The fourth-order valence-electron chi connectivity index (χ4n) is 2.71. The number of carbonyl (C=O) groups is 2. The van der Waals surface area contributed by atoms with Crippen LogP contribution in [0.1, 0.15) is 34.8 Å². The Balaban J connectivity index is 1.76. The van der Waals surface area contributed by atoms with Crippen LogP contribution in [0.4, 0.5) is 24.7 Å². The summed E-state index contributed by atoms with van der Waals surface area (Å²) in [7, 11) is 0. The number of nitrogens with two attached hydrogens (primary N) is 1. The second-order valence-electron chi connectivity index (χ2n) is 7.26. The molecule has 3 aromatic heterocycles. The van der Waals surface area contributed by atoms with Crippen LogP contribution in [0.5, 0.6) is 0 Å². The number of amides is 2. The van der Waals surface area contributed by atoms with E-state index in [4.69, 9.17) is 10.2 Å². The van der Waals surface area contributed by atoms with Gasteiger partial charge in [-0.05, 0) is 18.1 Å². The molecule has 0 unspecified atom stereocenters. The maximum absolute atomic E-state index is 12.6. The molecule has 2 amide bonds. The Morgan fingerprint density at radius 1 is 1.31 bits per heavy atom. The van der Waals surface area contributed by atoms with Crippen molar-refractivity contribution in [2.75, 3.05) is 17.2 Å². The van der Waals surface area contributed by atoms with Crippen LogP contribution in [0.15, 0.2) is 35.2 Å². The third-order valence-electron chi connectivity index (χ3n) is 4.01. The topological polar surface area (TPSA) is 141 Å². The van der Waals surface area contributed by atoms with Gasteiger partial charge < -0.3 is 20.8 Å². The molecule has 3 heterocycles. The van der Waals surface area contributed by atoms with Crippen molar-refractivity contribution in [2.24, 2.45) is 11.7 Å². The van der Waals surface area contributed by atoms with Gasteiger partial charge in [-0.1, -0.05) is 13.8 Å². The summed E-state index contributed by atoms with van der Waals surface area (Å²) < 4.78 is 43.9. The van der Waals surface area contributed by atoms with Gasteiger partial charge in [0.05, 0.1) is 5.69 Å². The summed E-state index contributed by atoms with van der Waals surface area (Å²) in [6.07, 6.45) is -0.560. The molecule has 32 heavy (non-hydrogen) atoms. The Hall–Kier alpha value is -3.90. The monoisotopic (exact) mass is 451 g/mol. The molecule has 0 radical (unpaired) electrons. The van der Waals surface area contributed by atoms with Gasteiger partial charge >= 0.3 is 6.18 Å². The number of nitrogens with zero attached hydrogens (tertiary/aromatic N) is 4. The Kier molecular flexibility index (Phi) is 6.46. The molecule has 0 saturated carbocycles. The summed E-state index contributed by atoms with van der Waals surface area (Å²) in [5.41, 5.74) is 5.55. The molecule has 0 aromatic carbocycles. The molecular weight excluding hydrogens is 431 g/mol. The molecule has 10 nitrogen and oxygen atoms in total. The number of carbonyl (C=O) groups excluding carboxylic acids is 2. The highest BCUT2D eigenvalue weighted by molar-refractivity contribution is 6.07. The number of pyridine rings is 1. The lowest BCUT2D eigenvalue weighted by Gasteiger charge is -2.08. The number of alkyl halides is 3. The summed E-state index contributed by atoms with van der Waals surface area (Å²) in [6, 6.07) is 2.77. The summed E-state index contributed by atoms with van der Waals surface area (Å²) >= 11 is 0. The highest BCUT2D eigenvalue weighted by atomic mass is 19.4. The molecule has 0 spiro atoms. The van der Waals surface area contributed by atoms with Crippen LogP contribution in [-0.2, 0) is 6.54 Å². The maximum Gasteiger partial charge on any atom is 0.405 e. The third kappa shape index (κ3) is 5.83. The first-order chi connectivity index (χ1) is 15.0. The molecule has 0 atom stereocenters. The zero-order valence-electron chi connectivity index (χ0n) is 17.1. The average Bonchev–Trinajstić information content (AvgIpc) is 3.33. The van der Waals surface area contributed by atoms with E-state index in [1.54, 1.807) is 0 Å². The summed E-state index contributed by atoms with van der Waals surface area (Å²) in [5.74, 6) is -1.28. The van der Waals surface area contributed by atoms with Crippen molar-refractivity contribution in [1.29, 1.82) is 0 Å². The Bertz CT molecular complexity index is 1120. The van der Waals surface area contributed by atoms with Gasteiger partial charge in [-0.15, -0.1) is 0 Å². The number of hydrogen-bond acceptors (Lipinski definition) is 7. The number of nitrogens with one attached hydrogen (secondary N) is 2. The van der Waals surface area contributed by atoms with E-state index in [-0.39, 0.29) is 34.7 Å². The maximum atomic E-state index is 12.6. The summed E-state index contributed by atoms with van der Waals surface area (Å²) in [6.45, 7) is 3.18. The van der Waals surface area contributed by atoms with Gasteiger partial charge in [0.1, 0.15) is 18.6 Å². The van der Waals surface area contributed by atoms with E-state index >= 15 is 0 Å². The number of anilines is 2. The molecular formula is C19H20F3N7O3. The molecule has 0 aliphatic carbocycles. The summed E-state index contributed by atoms with van der Waals surface area (Å²) in [5, 5.41) is 8.75. The van der Waals surface area contributed by atoms with Crippen LogP contribution in [0.2, 0.25) is 0 Å². The van der Waals surface area contributed by atoms with Crippen LogP contribution >= 0.6 is 0 Å². The quantitative estimate of drug-likeness (QED) is 0.478. The molecule has 0 aliphatic rings. The lowest BCUT2D eigenvalue weighted by atomic mass is 10.2. The molecule has 0 saturated heterocycles. The van der Waals surface area contributed by atoms with Crippen molar-refractivity contribution in [2.45, 2.75) is 26.6 Å². The van der Waals surface area contributed by atoms with Crippen LogP contribution < -0.4 is 16.4 Å². The standard InChI is InChI=1S/C19H20F3N7O3/c1-10(2)6-29-7-12(15(28-29)16(23)30)26-17(31)13-8-32-18(27-13)11-3-4-24-14(5-11)25-9-19(20,21)22/h3-5,7-8,10H,6,9H2,1-2H3,(H2,23,30)(H,24,25)(H,26,31). The van der Waals surface area contributed by atoms with E-state index in [0.717, 1.165) is 6.26 Å². The molecule has 0 aliphatic heterocycles. The summed E-state index contributed by atoms with van der Waals surface area (Å²) in [4.78, 5) is 32.1. The predicted molar refractivity (Wildman–Crippen MR) is 108 cm³/mol. The second-order valence-corrected chi connectivity index (χ2v) is 7.26.